The molecule has 0 aliphatic rings. The van der Waals surface area contributed by atoms with E-state index in [0.717, 1.165) is 31.0 Å². The van der Waals surface area contributed by atoms with E-state index < -0.39 is 0 Å². The van der Waals surface area contributed by atoms with Gasteiger partial charge in [-0.05, 0) is 38.0 Å². The second-order valence-electron chi connectivity index (χ2n) is 4.26. The third-order valence-corrected chi connectivity index (χ3v) is 2.67. The molecule has 0 bridgehead atoms. The number of nitrogens with one attached hydrogen (secondary N) is 2. The second kappa shape index (κ2) is 10.2. The Morgan fingerprint density at radius 1 is 1.20 bits per heavy atom. The summed E-state index contributed by atoms with van der Waals surface area (Å²) in [6, 6.07) is 6.57. The quantitative estimate of drug-likeness (QED) is 0.435. The number of ether oxygens (including phenoxy) is 1. The summed E-state index contributed by atoms with van der Waals surface area (Å²) in [6.07, 6.45) is 0.830. The average Bonchev–Trinajstić information content (AvgIpc) is 2.45. The molecule has 0 fully saturated rings. The Hall–Kier alpha value is -1.62. The molecule has 0 aliphatic heterocycles. The van der Waals surface area contributed by atoms with E-state index >= 15 is 0 Å². The van der Waals surface area contributed by atoms with Crippen molar-refractivity contribution < 1.29 is 9.13 Å². The van der Waals surface area contributed by atoms with Gasteiger partial charge >= 0.3 is 0 Å². The number of nitrogens with zero attached hydrogens (tertiary/aromatic N) is 1. The fourth-order valence-corrected chi connectivity index (χ4v) is 1.68. The second-order valence-corrected chi connectivity index (χ2v) is 4.26. The summed E-state index contributed by atoms with van der Waals surface area (Å²) in [5, 5.41) is 6.43. The Balaban J connectivity index is 2.32. The SMILES string of the molecule is CCNC(=NCCOCC)NCCc1ccc(F)cc1. The number of guanidine groups is 1. The van der Waals surface area contributed by atoms with Crippen molar-refractivity contribution in [3.63, 3.8) is 0 Å². The molecule has 0 amide bonds. The van der Waals surface area contributed by atoms with Crippen molar-refractivity contribution in [2.24, 2.45) is 4.99 Å². The van der Waals surface area contributed by atoms with Crippen LogP contribution in [0.1, 0.15) is 19.4 Å². The minimum atomic E-state index is -0.201. The highest BCUT2D eigenvalue weighted by atomic mass is 19.1. The lowest BCUT2D eigenvalue weighted by Gasteiger charge is -2.11. The lowest BCUT2D eigenvalue weighted by atomic mass is 10.1. The lowest BCUT2D eigenvalue weighted by molar-refractivity contribution is 0.155. The van der Waals surface area contributed by atoms with Crippen molar-refractivity contribution >= 4 is 5.96 Å². The fraction of sp³-hybridized carbons (Fsp3) is 0.533. The maximum absolute atomic E-state index is 12.8. The van der Waals surface area contributed by atoms with Crippen LogP contribution in [-0.2, 0) is 11.2 Å². The minimum absolute atomic E-state index is 0.201. The zero-order chi connectivity index (χ0) is 14.6. The van der Waals surface area contributed by atoms with Crippen molar-refractivity contribution in [3.8, 4) is 0 Å². The minimum Gasteiger partial charge on any atom is -0.380 e. The van der Waals surface area contributed by atoms with E-state index in [1.807, 2.05) is 13.8 Å². The van der Waals surface area contributed by atoms with E-state index in [1.165, 1.54) is 12.1 Å². The van der Waals surface area contributed by atoms with Crippen LogP contribution in [0.3, 0.4) is 0 Å². The largest absolute Gasteiger partial charge is 0.380 e. The molecule has 0 saturated carbocycles. The number of halogens is 1. The van der Waals surface area contributed by atoms with Crippen molar-refractivity contribution in [1.82, 2.24) is 10.6 Å². The topological polar surface area (TPSA) is 45.7 Å². The van der Waals surface area contributed by atoms with Crippen molar-refractivity contribution in [2.45, 2.75) is 20.3 Å². The summed E-state index contributed by atoms with van der Waals surface area (Å²) in [4.78, 5) is 4.41. The average molecular weight is 281 g/mol. The summed E-state index contributed by atoms with van der Waals surface area (Å²) >= 11 is 0. The van der Waals surface area contributed by atoms with E-state index in [1.54, 1.807) is 12.1 Å². The van der Waals surface area contributed by atoms with Gasteiger partial charge in [0.05, 0.1) is 13.2 Å². The Bertz CT molecular complexity index is 393. The van der Waals surface area contributed by atoms with Crippen LogP contribution in [0.25, 0.3) is 0 Å². The van der Waals surface area contributed by atoms with E-state index in [2.05, 4.69) is 15.6 Å². The predicted octanol–water partition coefficient (Wildman–Crippen LogP) is 1.96. The van der Waals surface area contributed by atoms with Crippen LogP contribution in [0.5, 0.6) is 0 Å². The number of rotatable bonds is 8. The van der Waals surface area contributed by atoms with Crippen LogP contribution < -0.4 is 10.6 Å². The van der Waals surface area contributed by atoms with Gasteiger partial charge in [0.2, 0.25) is 0 Å². The normalized spacial score (nSPS) is 11.4. The van der Waals surface area contributed by atoms with Gasteiger partial charge in [0.15, 0.2) is 5.96 Å². The smallest absolute Gasteiger partial charge is 0.191 e. The summed E-state index contributed by atoms with van der Waals surface area (Å²) in [5.74, 6) is 0.585. The highest BCUT2D eigenvalue weighted by Gasteiger charge is 1.98. The molecule has 4 nitrogen and oxygen atoms in total. The van der Waals surface area contributed by atoms with Crippen LogP contribution in [0, 0.1) is 5.82 Å². The molecule has 0 spiro atoms. The molecule has 112 valence electrons. The summed E-state index contributed by atoms with van der Waals surface area (Å²) < 4.78 is 18.0. The molecule has 0 radical (unpaired) electrons. The van der Waals surface area contributed by atoms with E-state index in [4.69, 9.17) is 4.74 Å². The fourth-order valence-electron chi connectivity index (χ4n) is 1.68. The molecule has 0 unspecified atom stereocenters. The first-order valence-corrected chi connectivity index (χ1v) is 7.10. The molecule has 0 aromatic heterocycles. The van der Waals surface area contributed by atoms with E-state index in [9.17, 15) is 4.39 Å². The van der Waals surface area contributed by atoms with E-state index in [-0.39, 0.29) is 5.82 Å². The third-order valence-electron chi connectivity index (χ3n) is 2.67. The molecule has 0 saturated heterocycles. The number of hydrogen-bond acceptors (Lipinski definition) is 2. The van der Waals surface area contributed by atoms with Crippen LogP contribution in [0.15, 0.2) is 29.3 Å². The molecule has 0 aliphatic carbocycles. The summed E-state index contributed by atoms with van der Waals surface area (Å²) in [7, 11) is 0. The van der Waals surface area contributed by atoms with Gasteiger partial charge in [-0.2, -0.15) is 0 Å². The Morgan fingerprint density at radius 3 is 2.60 bits per heavy atom. The molecule has 1 aromatic carbocycles. The highest BCUT2D eigenvalue weighted by molar-refractivity contribution is 5.79. The van der Waals surface area contributed by atoms with Crippen LogP contribution in [0.4, 0.5) is 4.39 Å². The molecule has 2 N–H and O–H groups in total. The Kier molecular flexibility index (Phi) is 8.38. The maximum Gasteiger partial charge on any atom is 0.191 e. The molecular weight excluding hydrogens is 257 g/mol. The van der Waals surface area contributed by atoms with Gasteiger partial charge in [-0.25, -0.2) is 4.39 Å². The number of hydrogen-bond donors (Lipinski definition) is 2. The summed E-state index contributed by atoms with van der Waals surface area (Å²) in [5.41, 5.74) is 1.10. The van der Waals surface area contributed by atoms with Gasteiger partial charge in [0, 0.05) is 19.7 Å². The van der Waals surface area contributed by atoms with Gasteiger partial charge in [-0.3, -0.25) is 4.99 Å². The molecule has 20 heavy (non-hydrogen) atoms. The van der Waals surface area contributed by atoms with Crippen LogP contribution in [-0.4, -0.2) is 38.8 Å². The molecule has 0 heterocycles. The highest BCUT2D eigenvalue weighted by Crippen LogP contribution is 2.02. The van der Waals surface area contributed by atoms with Gasteiger partial charge in [-0.1, -0.05) is 12.1 Å². The first-order chi connectivity index (χ1) is 9.76. The molecule has 5 heteroatoms. The van der Waals surface area contributed by atoms with Crippen LogP contribution >= 0.6 is 0 Å². The predicted molar refractivity (Wildman–Crippen MR) is 80.6 cm³/mol. The molecule has 1 rings (SSSR count). The number of benzene rings is 1. The van der Waals surface area contributed by atoms with Crippen molar-refractivity contribution in [2.75, 3.05) is 32.8 Å². The van der Waals surface area contributed by atoms with Gasteiger partial charge in [0.1, 0.15) is 5.82 Å². The van der Waals surface area contributed by atoms with Crippen molar-refractivity contribution in [1.29, 1.82) is 0 Å². The zero-order valence-corrected chi connectivity index (χ0v) is 12.3. The monoisotopic (exact) mass is 281 g/mol. The molecule has 0 atom stereocenters. The van der Waals surface area contributed by atoms with Gasteiger partial charge in [0.25, 0.3) is 0 Å². The van der Waals surface area contributed by atoms with Crippen LogP contribution in [0.2, 0.25) is 0 Å². The maximum atomic E-state index is 12.8. The third kappa shape index (κ3) is 7.09. The van der Waals surface area contributed by atoms with E-state index in [0.29, 0.717) is 19.8 Å². The Labute approximate surface area is 120 Å². The Morgan fingerprint density at radius 2 is 1.95 bits per heavy atom. The first kappa shape index (κ1) is 16.4. The lowest BCUT2D eigenvalue weighted by Crippen LogP contribution is -2.38. The van der Waals surface area contributed by atoms with Gasteiger partial charge < -0.3 is 15.4 Å². The molecular formula is C15H24FN3O. The van der Waals surface area contributed by atoms with Gasteiger partial charge in [-0.15, -0.1) is 0 Å². The first-order valence-electron chi connectivity index (χ1n) is 7.10. The number of aliphatic imine (C=N–C) groups is 1. The zero-order valence-electron chi connectivity index (χ0n) is 12.3. The van der Waals surface area contributed by atoms with Crippen molar-refractivity contribution in [3.05, 3.63) is 35.6 Å². The summed E-state index contributed by atoms with van der Waals surface area (Å²) in [6.45, 7) is 7.55. The standard InChI is InChI=1S/C15H24FN3O/c1-3-17-15(19-11-12-20-4-2)18-10-9-13-5-7-14(16)8-6-13/h5-8H,3-4,9-12H2,1-2H3,(H2,17,18,19). The molecule has 1 aromatic rings.